The van der Waals surface area contributed by atoms with Crippen molar-refractivity contribution in [3.05, 3.63) is 59.4 Å². The molecule has 1 fully saturated rings. The minimum Gasteiger partial charge on any atom is -0.496 e. The van der Waals surface area contributed by atoms with Crippen molar-refractivity contribution in [1.82, 2.24) is 10.1 Å². The standard InChI is InChI=1S/C19H16ClN3O3/c1-25-16-5-3-2-4-15(16)19-21-18(22-26-19)12-10-17(24)23(11-12)14-8-6-13(20)7-9-14/h2-9,12H,10-11H2,1H3/t12-/m1/s1. The zero-order valence-electron chi connectivity index (χ0n) is 14.1. The van der Waals surface area contributed by atoms with Crippen molar-refractivity contribution in [2.24, 2.45) is 0 Å². The number of ether oxygens (including phenoxy) is 1. The molecule has 26 heavy (non-hydrogen) atoms. The molecule has 0 N–H and O–H groups in total. The molecule has 6 nitrogen and oxygen atoms in total. The highest BCUT2D eigenvalue weighted by molar-refractivity contribution is 6.30. The molecule has 7 heteroatoms. The van der Waals surface area contributed by atoms with Crippen molar-refractivity contribution in [3.63, 3.8) is 0 Å². The smallest absolute Gasteiger partial charge is 0.261 e. The van der Waals surface area contributed by atoms with Gasteiger partial charge >= 0.3 is 0 Å². The first-order chi connectivity index (χ1) is 12.7. The van der Waals surface area contributed by atoms with Crippen LogP contribution < -0.4 is 9.64 Å². The molecule has 0 saturated carbocycles. The summed E-state index contributed by atoms with van der Waals surface area (Å²) in [7, 11) is 1.59. The molecule has 0 aliphatic carbocycles. The first kappa shape index (κ1) is 16.6. The summed E-state index contributed by atoms with van der Waals surface area (Å²) < 4.78 is 10.7. The lowest BCUT2D eigenvalue weighted by Crippen LogP contribution is -2.24. The van der Waals surface area contributed by atoms with E-state index in [0.29, 0.717) is 35.5 Å². The van der Waals surface area contributed by atoms with Crippen molar-refractivity contribution in [1.29, 1.82) is 0 Å². The minimum atomic E-state index is -0.120. The molecule has 1 aliphatic heterocycles. The average molecular weight is 370 g/mol. The highest BCUT2D eigenvalue weighted by atomic mass is 35.5. The molecular formula is C19H16ClN3O3. The Labute approximate surface area is 155 Å². The van der Waals surface area contributed by atoms with Crippen LogP contribution >= 0.6 is 11.6 Å². The van der Waals surface area contributed by atoms with E-state index in [2.05, 4.69) is 10.1 Å². The van der Waals surface area contributed by atoms with Gasteiger partial charge in [0.2, 0.25) is 5.91 Å². The van der Waals surface area contributed by atoms with Gasteiger partial charge in [-0.15, -0.1) is 0 Å². The molecular weight excluding hydrogens is 354 g/mol. The molecule has 0 bridgehead atoms. The highest BCUT2D eigenvalue weighted by Gasteiger charge is 2.34. The highest BCUT2D eigenvalue weighted by Crippen LogP contribution is 2.33. The third kappa shape index (κ3) is 3.04. The Balaban J connectivity index is 1.57. The van der Waals surface area contributed by atoms with Crippen LogP contribution in [-0.2, 0) is 4.79 Å². The number of nitrogens with zero attached hydrogens (tertiary/aromatic N) is 3. The molecule has 132 valence electrons. The molecule has 0 unspecified atom stereocenters. The first-order valence-electron chi connectivity index (χ1n) is 8.18. The monoisotopic (exact) mass is 369 g/mol. The minimum absolute atomic E-state index is 0.0287. The van der Waals surface area contributed by atoms with Gasteiger partial charge in [0.1, 0.15) is 5.75 Å². The molecule has 3 aromatic rings. The van der Waals surface area contributed by atoms with Gasteiger partial charge in [-0.25, -0.2) is 0 Å². The molecule has 1 aromatic heterocycles. The van der Waals surface area contributed by atoms with Crippen LogP contribution in [0.25, 0.3) is 11.5 Å². The van der Waals surface area contributed by atoms with Crippen LogP contribution in [0.5, 0.6) is 5.75 Å². The predicted octanol–water partition coefficient (Wildman–Crippen LogP) is 3.92. The second-order valence-corrected chi connectivity index (χ2v) is 6.48. The average Bonchev–Trinajstić information content (AvgIpc) is 3.29. The summed E-state index contributed by atoms with van der Waals surface area (Å²) in [6, 6.07) is 14.6. The fourth-order valence-corrected chi connectivity index (χ4v) is 3.21. The lowest BCUT2D eigenvalue weighted by Gasteiger charge is -2.16. The summed E-state index contributed by atoms with van der Waals surface area (Å²) in [5, 5.41) is 4.72. The van der Waals surface area contributed by atoms with Gasteiger partial charge in [-0.3, -0.25) is 4.79 Å². The maximum atomic E-state index is 12.4. The Kier molecular flexibility index (Phi) is 4.34. The number of para-hydroxylation sites is 1. The Morgan fingerprint density at radius 1 is 1.19 bits per heavy atom. The van der Waals surface area contributed by atoms with E-state index < -0.39 is 0 Å². The van der Waals surface area contributed by atoms with Gasteiger partial charge in [-0.1, -0.05) is 28.9 Å². The van der Waals surface area contributed by atoms with E-state index in [4.69, 9.17) is 20.9 Å². The summed E-state index contributed by atoms with van der Waals surface area (Å²) in [4.78, 5) is 18.6. The molecule has 1 aliphatic rings. The SMILES string of the molecule is COc1ccccc1-c1nc([C@@H]2CC(=O)N(c3ccc(Cl)cc3)C2)no1. The van der Waals surface area contributed by atoms with Crippen LogP contribution in [0.3, 0.4) is 0 Å². The number of hydrogen-bond donors (Lipinski definition) is 0. The van der Waals surface area contributed by atoms with E-state index in [1.165, 1.54) is 0 Å². The van der Waals surface area contributed by atoms with Gasteiger partial charge in [0.05, 0.1) is 12.7 Å². The van der Waals surface area contributed by atoms with Gasteiger partial charge in [0, 0.05) is 29.6 Å². The van der Waals surface area contributed by atoms with E-state index in [1.807, 2.05) is 36.4 Å². The number of rotatable bonds is 4. The zero-order valence-corrected chi connectivity index (χ0v) is 14.8. The van der Waals surface area contributed by atoms with Gasteiger partial charge in [-0.2, -0.15) is 4.98 Å². The van der Waals surface area contributed by atoms with Crippen molar-refractivity contribution in [2.75, 3.05) is 18.6 Å². The molecule has 1 saturated heterocycles. The Bertz CT molecular complexity index is 939. The van der Waals surface area contributed by atoms with E-state index >= 15 is 0 Å². The number of aromatic nitrogens is 2. The second-order valence-electron chi connectivity index (χ2n) is 6.04. The maximum absolute atomic E-state index is 12.4. The van der Waals surface area contributed by atoms with Crippen LogP contribution in [0, 0.1) is 0 Å². The molecule has 2 aromatic carbocycles. The number of hydrogen-bond acceptors (Lipinski definition) is 5. The molecule has 0 radical (unpaired) electrons. The van der Waals surface area contributed by atoms with E-state index in [0.717, 1.165) is 11.3 Å². The summed E-state index contributed by atoms with van der Waals surface area (Å²) >= 11 is 5.92. The fraction of sp³-hybridized carbons (Fsp3) is 0.211. The summed E-state index contributed by atoms with van der Waals surface area (Å²) in [5.74, 6) is 1.48. The molecule has 4 rings (SSSR count). The zero-order chi connectivity index (χ0) is 18.1. The molecule has 1 amide bonds. The molecule has 1 atom stereocenters. The predicted molar refractivity (Wildman–Crippen MR) is 97.4 cm³/mol. The second kappa shape index (κ2) is 6.80. The van der Waals surface area contributed by atoms with Crippen molar-refractivity contribution in [3.8, 4) is 17.2 Å². The van der Waals surface area contributed by atoms with Gasteiger partial charge in [0.15, 0.2) is 5.82 Å². The number of carbonyl (C=O) groups is 1. The third-order valence-corrected chi connectivity index (χ3v) is 4.66. The summed E-state index contributed by atoms with van der Waals surface area (Å²) in [6.07, 6.45) is 0.341. The third-order valence-electron chi connectivity index (χ3n) is 4.41. The largest absolute Gasteiger partial charge is 0.496 e. The topological polar surface area (TPSA) is 68.5 Å². The van der Waals surface area contributed by atoms with E-state index in [9.17, 15) is 4.79 Å². The van der Waals surface area contributed by atoms with Crippen LogP contribution in [0.2, 0.25) is 5.02 Å². The number of amides is 1. The van der Waals surface area contributed by atoms with Crippen molar-refractivity contribution in [2.45, 2.75) is 12.3 Å². The first-order valence-corrected chi connectivity index (χ1v) is 8.56. The van der Waals surface area contributed by atoms with Crippen LogP contribution in [-0.4, -0.2) is 29.7 Å². The molecule has 0 spiro atoms. The quantitative estimate of drug-likeness (QED) is 0.697. The lowest BCUT2D eigenvalue weighted by atomic mass is 10.1. The number of methoxy groups -OCH3 is 1. The summed E-state index contributed by atoms with van der Waals surface area (Å²) in [5.41, 5.74) is 1.54. The number of halogens is 1. The number of benzene rings is 2. The lowest BCUT2D eigenvalue weighted by molar-refractivity contribution is -0.117. The van der Waals surface area contributed by atoms with Gasteiger partial charge < -0.3 is 14.2 Å². The fourth-order valence-electron chi connectivity index (χ4n) is 3.08. The van der Waals surface area contributed by atoms with Crippen LogP contribution in [0.1, 0.15) is 18.2 Å². The normalized spacial score (nSPS) is 16.9. The Hall–Kier alpha value is -2.86. The van der Waals surface area contributed by atoms with Crippen LogP contribution in [0.4, 0.5) is 5.69 Å². The Morgan fingerprint density at radius 2 is 1.96 bits per heavy atom. The Morgan fingerprint density at radius 3 is 2.73 bits per heavy atom. The van der Waals surface area contributed by atoms with Crippen molar-refractivity contribution >= 4 is 23.2 Å². The number of anilines is 1. The van der Waals surface area contributed by atoms with Gasteiger partial charge in [0.25, 0.3) is 5.89 Å². The number of carbonyl (C=O) groups excluding carboxylic acids is 1. The van der Waals surface area contributed by atoms with E-state index in [-0.39, 0.29) is 11.8 Å². The maximum Gasteiger partial charge on any atom is 0.261 e. The van der Waals surface area contributed by atoms with E-state index in [1.54, 1.807) is 24.1 Å². The van der Waals surface area contributed by atoms with Crippen LogP contribution in [0.15, 0.2) is 53.1 Å². The molecule has 2 heterocycles. The van der Waals surface area contributed by atoms with Gasteiger partial charge in [-0.05, 0) is 36.4 Å². The van der Waals surface area contributed by atoms with Crippen molar-refractivity contribution < 1.29 is 14.1 Å². The summed E-state index contributed by atoms with van der Waals surface area (Å²) in [6.45, 7) is 0.505.